The second-order valence-electron chi connectivity index (χ2n) is 15.4. The molecule has 12 heteroatoms. The summed E-state index contributed by atoms with van der Waals surface area (Å²) in [4.78, 5) is 67.3. The third-order valence-corrected chi connectivity index (χ3v) is 9.76. The van der Waals surface area contributed by atoms with Gasteiger partial charge in [0, 0.05) is 18.4 Å². The van der Waals surface area contributed by atoms with E-state index in [0.717, 1.165) is 39.1 Å². The molecule has 2 aromatic heterocycles. The van der Waals surface area contributed by atoms with Gasteiger partial charge in [0.05, 0.1) is 33.8 Å². The van der Waals surface area contributed by atoms with Crippen LogP contribution < -0.4 is 21.6 Å². The van der Waals surface area contributed by atoms with Crippen LogP contribution in [0, 0.1) is 18.8 Å². The van der Waals surface area contributed by atoms with Gasteiger partial charge in [-0.25, -0.2) is 19.5 Å². The molecule has 6 N–H and O–H groups in total. The Kier molecular flexibility index (Phi) is 10.4. The van der Waals surface area contributed by atoms with Crippen molar-refractivity contribution < 1.29 is 19.1 Å². The van der Waals surface area contributed by atoms with Crippen molar-refractivity contribution in [3.05, 3.63) is 82.0 Å². The molecule has 0 aliphatic heterocycles. The van der Waals surface area contributed by atoms with E-state index in [2.05, 4.69) is 53.2 Å². The summed E-state index contributed by atoms with van der Waals surface area (Å²) in [6.45, 7) is 12.2. The fraction of sp³-hybridized carbons (Fsp3) is 0.425. The predicted octanol–water partition coefficient (Wildman–Crippen LogP) is 6.59. The number of rotatable bonds is 9. The largest absolute Gasteiger partial charge is 0.444 e. The number of nitrogens with zero attached hydrogens (tertiary/aromatic N) is 2. The summed E-state index contributed by atoms with van der Waals surface area (Å²) in [5, 5.41) is 2.84. The maximum absolute atomic E-state index is 14.2. The van der Waals surface area contributed by atoms with E-state index in [1.54, 1.807) is 18.2 Å². The van der Waals surface area contributed by atoms with Gasteiger partial charge in [0.15, 0.2) is 0 Å². The fourth-order valence-corrected chi connectivity index (χ4v) is 6.96. The Labute approximate surface area is 302 Å². The van der Waals surface area contributed by atoms with E-state index in [4.69, 9.17) is 15.5 Å². The molecule has 1 unspecified atom stereocenters. The number of hydrogen-bond acceptors (Lipinski definition) is 7. The molecule has 0 radical (unpaired) electrons. The summed E-state index contributed by atoms with van der Waals surface area (Å²) in [6.07, 6.45) is 2.31. The summed E-state index contributed by atoms with van der Waals surface area (Å²) in [5.74, 6) is 0.200. The molecule has 274 valence electrons. The molecule has 0 saturated heterocycles. The van der Waals surface area contributed by atoms with E-state index in [0.29, 0.717) is 54.9 Å². The van der Waals surface area contributed by atoms with E-state index in [-0.39, 0.29) is 23.9 Å². The van der Waals surface area contributed by atoms with Crippen LogP contribution in [0.2, 0.25) is 0 Å². The lowest BCUT2D eigenvalue weighted by Crippen LogP contribution is -2.50. The van der Waals surface area contributed by atoms with Gasteiger partial charge in [-0.2, -0.15) is 0 Å². The molecule has 12 nitrogen and oxygen atoms in total. The van der Waals surface area contributed by atoms with E-state index in [1.165, 1.54) is 4.90 Å². The van der Waals surface area contributed by atoms with Crippen LogP contribution in [0.25, 0.3) is 33.2 Å². The zero-order valence-electron chi connectivity index (χ0n) is 30.8. The zero-order valence-corrected chi connectivity index (χ0v) is 30.8. The number of nitrogens with one attached hydrogen (secondary N) is 4. The van der Waals surface area contributed by atoms with Crippen LogP contribution in [-0.4, -0.2) is 56.0 Å². The van der Waals surface area contributed by atoms with Gasteiger partial charge in [-0.05, 0) is 118 Å². The molecule has 52 heavy (non-hydrogen) atoms. The lowest BCUT2D eigenvalue weighted by Gasteiger charge is -2.32. The first-order chi connectivity index (χ1) is 24.6. The Bertz CT molecular complexity index is 2150. The fourth-order valence-electron chi connectivity index (χ4n) is 6.96. The van der Waals surface area contributed by atoms with Gasteiger partial charge < -0.3 is 30.7 Å². The van der Waals surface area contributed by atoms with Gasteiger partial charge in [-0.15, -0.1) is 0 Å². The minimum absolute atomic E-state index is 0.190. The molecule has 1 atom stereocenters. The molecular formula is C40H49N7O5. The third kappa shape index (κ3) is 8.28. The highest BCUT2D eigenvalue weighted by molar-refractivity contribution is 6.17. The van der Waals surface area contributed by atoms with Crippen molar-refractivity contribution >= 4 is 45.7 Å². The molecule has 0 bridgehead atoms. The zero-order chi connectivity index (χ0) is 37.3. The lowest BCUT2D eigenvalue weighted by atomic mass is 9.81. The molecule has 3 aromatic carbocycles. The number of ether oxygens (including phenoxy) is 1. The SMILES string of the molecule is Cc1cc2[nH]c(C(C)C)nc2cc1-c1ccc(CC(N)C(=O)N(C(=O)C2CCC(CNC(=O)OC(C)(C)C)CC2)c2ccc3[nH]c(=O)[nH]c3c2)cc1. The number of aromatic nitrogens is 4. The molecule has 3 amide bonds. The lowest BCUT2D eigenvalue weighted by molar-refractivity contribution is -0.130. The topological polar surface area (TPSA) is 179 Å². The summed E-state index contributed by atoms with van der Waals surface area (Å²) in [7, 11) is 0. The van der Waals surface area contributed by atoms with Crippen LogP contribution in [0.15, 0.2) is 59.4 Å². The van der Waals surface area contributed by atoms with E-state index >= 15 is 0 Å². The van der Waals surface area contributed by atoms with E-state index in [9.17, 15) is 19.2 Å². The highest BCUT2D eigenvalue weighted by atomic mass is 16.6. The molecule has 6 rings (SSSR count). The van der Waals surface area contributed by atoms with Gasteiger partial charge in [0.2, 0.25) is 5.91 Å². The van der Waals surface area contributed by atoms with Gasteiger partial charge in [0.1, 0.15) is 11.4 Å². The normalized spacial score (nSPS) is 17.0. The highest BCUT2D eigenvalue weighted by Crippen LogP contribution is 2.33. The van der Waals surface area contributed by atoms with Crippen molar-refractivity contribution in [2.45, 2.75) is 91.2 Å². The smallest absolute Gasteiger partial charge is 0.407 e. The number of fused-ring (bicyclic) bond motifs is 2. The Hall–Kier alpha value is -5.23. The summed E-state index contributed by atoms with van der Waals surface area (Å²) in [5.41, 5.74) is 13.0. The maximum Gasteiger partial charge on any atom is 0.407 e. The number of carbonyl (C=O) groups excluding carboxylic acids is 3. The Balaban J connectivity index is 1.17. The van der Waals surface area contributed by atoms with Gasteiger partial charge in [-0.1, -0.05) is 38.1 Å². The Morgan fingerprint density at radius 3 is 2.31 bits per heavy atom. The van der Waals surface area contributed by atoms with E-state index < -0.39 is 29.6 Å². The van der Waals surface area contributed by atoms with Gasteiger partial charge in [0.25, 0.3) is 5.91 Å². The maximum atomic E-state index is 14.2. The first-order valence-corrected chi connectivity index (χ1v) is 18.1. The first kappa shape index (κ1) is 36.6. The highest BCUT2D eigenvalue weighted by Gasteiger charge is 2.35. The standard InChI is InChI=1S/C40H49N7O5/c1-22(2)35-43-32-17-23(3)29(20-34(32)44-35)26-11-7-24(8-12-26)18-30(41)37(49)47(28-15-16-31-33(19-28)46-38(50)45-31)36(48)27-13-9-25(10-14-27)21-42-39(51)52-40(4,5)6/h7-8,11-12,15-17,19-20,22,25,27,30H,9-10,13-14,18,21,41H2,1-6H3,(H,42,51)(H,43,44)(H2,45,46,50). The number of imidazole rings is 2. The third-order valence-electron chi connectivity index (χ3n) is 9.76. The molecule has 2 heterocycles. The van der Waals surface area contributed by atoms with Crippen LogP contribution in [0.3, 0.4) is 0 Å². The average Bonchev–Trinajstić information content (AvgIpc) is 3.69. The molecule has 1 saturated carbocycles. The van der Waals surface area contributed by atoms with Crippen molar-refractivity contribution in [3.8, 4) is 11.1 Å². The minimum Gasteiger partial charge on any atom is -0.444 e. The van der Waals surface area contributed by atoms with Crippen molar-refractivity contribution in [1.29, 1.82) is 0 Å². The van der Waals surface area contributed by atoms with Crippen LogP contribution in [0.5, 0.6) is 0 Å². The number of nitrogens with two attached hydrogens (primary N) is 1. The molecule has 0 spiro atoms. The van der Waals surface area contributed by atoms with Crippen LogP contribution in [-0.2, 0) is 20.7 Å². The number of benzene rings is 3. The number of hydrogen-bond donors (Lipinski definition) is 5. The molecule has 1 fully saturated rings. The number of aryl methyl sites for hydroxylation is 1. The number of alkyl carbamates (subject to hydrolysis) is 1. The molecule has 5 aromatic rings. The number of aromatic amines is 3. The monoisotopic (exact) mass is 707 g/mol. The average molecular weight is 708 g/mol. The van der Waals surface area contributed by atoms with Crippen molar-refractivity contribution in [1.82, 2.24) is 25.3 Å². The Morgan fingerprint density at radius 2 is 1.63 bits per heavy atom. The second-order valence-corrected chi connectivity index (χ2v) is 15.4. The first-order valence-electron chi connectivity index (χ1n) is 18.1. The van der Waals surface area contributed by atoms with Crippen molar-refractivity contribution in [3.63, 3.8) is 0 Å². The Morgan fingerprint density at radius 1 is 0.942 bits per heavy atom. The predicted molar refractivity (Wildman–Crippen MR) is 203 cm³/mol. The van der Waals surface area contributed by atoms with Crippen LogP contribution >= 0.6 is 0 Å². The van der Waals surface area contributed by atoms with Crippen molar-refractivity contribution in [2.75, 3.05) is 11.4 Å². The number of amides is 3. The second kappa shape index (κ2) is 14.8. The van der Waals surface area contributed by atoms with Gasteiger partial charge >= 0.3 is 11.8 Å². The molecule has 1 aliphatic carbocycles. The van der Waals surface area contributed by atoms with Crippen LogP contribution in [0.4, 0.5) is 10.5 Å². The number of carbonyl (C=O) groups is 3. The number of anilines is 1. The quantitative estimate of drug-likeness (QED) is 0.115. The summed E-state index contributed by atoms with van der Waals surface area (Å²) >= 11 is 0. The molecule has 1 aliphatic rings. The number of imide groups is 1. The van der Waals surface area contributed by atoms with Crippen LogP contribution in [0.1, 0.15) is 83.2 Å². The summed E-state index contributed by atoms with van der Waals surface area (Å²) < 4.78 is 5.36. The molecular weight excluding hydrogens is 658 g/mol. The number of H-pyrrole nitrogens is 3. The van der Waals surface area contributed by atoms with Crippen molar-refractivity contribution in [2.24, 2.45) is 17.6 Å². The minimum atomic E-state index is -0.998. The van der Waals surface area contributed by atoms with Gasteiger partial charge in [-0.3, -0.25) is 9.59 Å². The van der Waals surface area contributed by atoms with E-state index in [1.807, 2.05) is 45.0 Å². The summed E-state index contributed by atoms with van der Waals surface area (Å²) in [6, 6.07) is 16.1.